The molecule has 1 fully saturated rings. The molecule has 7 heteroatoms. The third-order valence-corrected chi connectivity index (χ3v) is 4.20. The molecule has 0 radical (unpaired) electrons. The van der Waals surface area contributed by atoms with Gasteiger partial charge in [0.1, 0.15) is 5.78 Å². The van der Waals surface area contributed by atoms with Crippen molar-refractivity contribution in [2.75, 3.05) is 13.1 Å². The summed E-state index contributed by atoms with van der Waals surface area (Å²) in [5, 5.41) is 6.10. The first-order valence-electron chi connectivity index (χ1n) is 4.62. The van der Waals surface area contributed by atoms with E-state index in [0.717, 1.165) is 0 Å². The van der Waals surface area contributed by atoms with Gasteiger partial charge < -0.3 is 0 Å². The maximum absolute atomic E-state index is 11.9. The van der Waals surface area contributed by atoms with Gasteiger partial charge in [0.25, 0.3) is 10.0 Å². The number of hydrogen-bond donors (Lipinski definition) is 1. The zero-order valence-electron chi connectivity index (χ0n) is 8.01. The maximum atomic E-state index is 11.9. The molecule has 1 saturated heterocycles. The number of aromatic nitrogens is 2. The van der Waals surface area contributed by atoms with E-state index in [1.54, 1.807) is 0 Å². The Bertz CT molecular complexity index is 441. The van der Waals surface area contributed by atoms with Crippen LogP contribution in [0.4, 0.5) is 0 Å². The van der Waals surface area contributed by atoms with Crippen molar-refractivity contribution in [2.24, 2.45) is 0 Å². The molecule has 0 atom stereocenters. The lowest BCUT2D eigenvalue weighted by Gasteiger charge is -2.24. The number of carbonyl (C=O) groups excluding carboxylic acids is 1. The lowest BCUT2D eigenvalue weighted by molar-refractivity contribution is -0.120. The Hall–Kier alpha value is -1.21. The number of sulfonamides is 1. The number of aromatic amines is 1. The molecule has 0 spiro atoms. The average molecular weight is 229 g/mol. The maximum Gasteiger partial charge on any atom is 0.259 e. The number of hydrogen-bond acceptors (Lipinski definition) is 4. The van der Waals surface area contributed by atoms with Crippen LogP contribution in [-0.4, -0.2) is 41.8 Å². The van der Waals surface area contributed by atoms with E-state index in [9.17, 15) is 13.2 Å². The van der Waals surface area contributed by atoms with Gasteiger partial charge in [0.2, 0.25) is 0 Å². The van der Waals surface area contributed by atoms with Gasteiger partial charge in [0, 0.05) is 25.9 Å². The number of H-pyrrole nitrogens is 1. The van der Waals surface area contributed by atoms with Crippen LogP contribution in [0.3, 0.4) is 0 Å². The summed E-state index contributed by atoms with van der Waals surface area (Å²) in [6, 6.07) is 1.41. The highest BCUT2D eigenvalue weighted by atomic mass is 32.2. The predicted molar refractivity (Wildman–Crippen MR) is 51.6 cm³/mol. The summed E-state index contributed by atoms with van der Waals surface area (Å²) < 4.78 is 25.1. The fraction of sp³-hybridized carbons (Fsp3) is 0.500. The molecule has 82 valence electrons. The molecule has 0 bridgehead atoms. The molecule has 1 aromatic rings. The summed E-state index contributed by atoms with van der Waals surface area (Å²) in [5.41, 5.74) is 0. The van der Waals surface area contributed by atoms with Crippen molar-refractivity contribution in [1.29, 1.82) is 0 Å². The predicted octanol–water partition coefficient (Wildman–Crippen LogP) is -0.237. The number of Topliss-reactive ketones (excluding diaryl/α,β-unsaturated/α-hetero) is 1. The average Bonchev–Trinajstić information content (AvgIpc) is 2.71. The van der Waals surface area contributed by atoms with Crippen LogP contribution in [0.25, 0.3) is 0 Å². The van der Waals surface area contributed by atoms with Gasteiger partial charge >= 0.3 is 0 Å². The summed E-state index contributed by atoms with van der Waals surface area (Å²) in [6.45, 7) is 0.528. The van der Waals surface area contributed by atoms with E-state index in [0.29, 0.717) is 12.8 Å². The van der Waals surface area contributed by atoms with Crippen molar-refractivity contribution in [3.05, 3.63) is 12.3 Å². The van der Waals surface area contributed by atoms with E-state index in [1.807, 2.05) is 0 Å². The Morgan fingerprint density at radius 2 is 2.00 bits per heavy atom. The molecule has 1 aliphatic heterocycles. The molecular weight excluding hydrogens is 218 g/mol. The van der Waals surface area contributed by atoms with Crippen molar-refractivity contribution >= 4 is 15.8 Å². The molecule has 2 rings (SSSR count). The van der Waals surface area contributed by atoms with Gasteiger partial charge in [-0.05, 0) is 6.07 Å². The summed E-state index contributed by atoms with van der Waals surface area (Å²) in [6.07, 6.45) is 1.99. The lowest BCUT2D eigenvalue weighted by Crippen LogP contribution is -2.38. The van der Waals surface area contributed by atoms with E-state index >= 15 is 0 Å². The second kappa shape index (κ2) is 3.74. The first-order valence-corrected chi connectivity index (χ1v) is 6.06. The molecule has 6 nitrogen and oxygen atoms in total. The second-order valence-corrected chi connectivity index (χ2v) is 5.27. The van der Waals surface area contributed by atoms with Crippen LogP contribution in [-0.2, 0) is 14.8 Å². The second-order valence-electron chi connectivity index (χ2n) is 3.36. The first kappa shape index (κ1) is 10.3. The quantitative estimate of drug-likeness (QED) is 0.759. The van der Waals surface area contributed by atoms with Crippen LogP contribution in [0.1, 0.15) is 12.8 Å². The third-order valence-electron chi connectivity index (χ3n) is 2.37. The number of carbonyl (C=O) groups is 1. The Balaban J connectivity index is 2.20. The summed E-state index contributed by atoms with van der Waals surface area (Å²) in [7, 11) is -3.48. The summed E-state index contributed by atoms with van der Waals surface area (Å²) in [5.74, 6) is 0.117. The van der Waals surface area contributed by atoms with Gasteiger partial charge in [-0.25, -0.2) is 8.42 Å². The minimum atomic E-state index is -3.48. The Labute approximate surface area is 87.3 Å². The Morgan fingerprint density at radius 1 is 1.33 bits per heavy atom. The minimum absolute atomic E-state index is 0.0804. The monoisotopic (exact) mass is 229 g/mol. The minimum Gasteiger partial charge on any atom is -0.300 e. The van der Waals surface area contributed by atoms with Crippen LogP contribution in [0.5, 0.6) is 0 Å². The molecule has 0 amide bonds. The fourth-order valence-corrected chi connectivity index (χ4v) is 2.84. The molecule has 0 unspecified atom stereocenters. The highest BCUT2D eigenvalue weighted by Crippen LogP contribution is 2.16. The van der Waals surface area contributed by atoms with E-state index in [2.05, 4.69) is 10.2 Å². The van der Waals surface area contributed by atoms with Gasteiger partial charge in [-0.15, -0.1) is 0 Å². The molecule has 1 aromatic heterocycles. The van der Waals surface area contributed by atoms with Crippen molar-refractivity contribution < 1.29 is 13.2 Å². The normalized spacial score (nSPS) is 19.3. The van der Waals surface area contributed by atoms with E-state index < -0.39 is 10.0 Å². The summed E-state index contributed by atoms with van der Waals surface area (Å²) >= 11 is 0. The molecule has 0 aliphatic carbocycles. The SMILES string of the molecule is O=C1CCN(S(=O)(=O)c2ccn[nH]2)CC1. The third kappa shape index (κ3) is 1.93. The lowest BCUT2D eigenvalue weighted by atomic mass is 10.1. The molecule has 2 heterocycles. The molecular formula is C8H11N3O3S. The zero-order chi connectivity index (χ0) is 10.9. The fourth-order valence-electron chi connectivity index (χ4n) is 1.50. The van der Waals surface area contributed by atoms with Crippen molar-refractivity contribution in [2.45, 2.75) is 17.9 Å². The smallest absolute Gasteiger partial charge is 0.259 e. The number of nitrogens with zero attached hydrogens (tertiary/aromatic N) is 2. The van der Waals surface area contributed by atoms with E-state index in [1.165, 1.54) is 16.6 Å². The first-order chi connectivity index (χ1) is 7.10. The molecule has 1 N–H and O–H groups in total. The number of rotatable bonds is 2. The van der Waals surface area contributed by atoms with Crippen LogP contribution in [0, 0.1) is 0 Å². The van der Waals surface area contributed by atoms with Crippen LogP contribution >= 0.6 is 0 Å². The number of ketones is 1. The van der Waals surface area contributed by atoms with Gasteiger partial charge in [0.15, 0.2) is 5.03 Å². The van der Waals surface area contributed by atoms with Crippen molar-refractivity contribution in [3.63, 3.8) is 0 Å². The van der Waals surface area contributed by atoms with E-state index in [-0.39, 0.29) is 23.9 Å². The molecule has 0 aromatic carbocycles. The highest BCUT2D eigenvalue weighted by molar-refractivity contribution is 7.89. The number of nitrogens with one attached hydrogen (secondary N) is 1. The van der Waals surface area contributed by atoms with Crippen LogP contribution in [0.15, 0.2) is 17.3 Å². The largest absolute Gasteiger partial charge is 0.300 e. The summed E-state index contributed by atoms with van der Waals surface area (Å²) in [4.78, 5) is 11.0. The zero-order valence-corrected chi connectivity index (χ0v) is 8.83. The van der Waals surface area contributed by atoms with Crippen molar-refractivity contribution in [3.8, 4) is 0 Å². The molecule has 0 saturated carbocycles. The molecule has 1 aliphatic rings. The Morgan fingerprint density at radius 3 is 2.53 bits per heavy atom. The van der Waals surface area contributed by atoms with Crippen LogP contribution in [0.2, 0.25) is 0 Å². The van der Waals surface area contributed by atoms with Crippen LogP contribution < -0.4 is 0 Å². The van der Waals surface area contributed by atoms with Gasteiger partial charge in [-0.2, -0.15) is 9.40 Å². The highest BCUT2D eigenvalue weighted by Gasteiger charge is 2.29. The van der Waals surface area contributed by atoms with Gasteiger partial charge in [0.05, 0.1) is 6.20 Å². The Kier molecular flexibility index (Phi) is 2.57. The van der Waals surface area contributed by atoms with Gasteiger partial charge in [-0.3, -0.25) is 9.89 Å². The van der Waals surface area contributed by atoms with E-state index in [4.69, 9.17) is 0 Å². The van der Waals surface area contributed by atoms with Gasteiger partial charge in [-0.1, -0.05) is 0 Å². The standard InChI is InChI=1S/C8H11N3O3S/c12-7-2-5-11(6-3-7)15(13,14)8-1-4-9-10-8/h1,4H,2-3,5-6H2,(H,9,10). The topological polar surface area (TPSA) is 83.1 Å². The number of piperidine rings is 1. The molecule has 15 heavy (non-hydrogen) atoms. The van der Waals surface area contributed by atoms with Crippen molar-refractivity contribution in [1.82, 2.24) is 14.5 Å².